The number of nitrogens with zero attached hydrogens (tertiary/aromatic N) is 3. The summed E-state index contributed by atoms with van der Waals surface area (Å²) >= 11 is 1.87. The Hall–Kier alpha value is -2.20. The highest BCUT2D eigenvalue weighted by molar-refractivity contribution is 7.18. The van der Waals surface area contributed by atoms with Crippen LogP contribution in [-0.4, -0.2) is 14.5 Å². The Bertz CT molecular complexity index is 1060. The third-order valence-electron chi connectivity index (χ3n) is 5.14. The number of hydrogen-bond acceptors (Lipinski definition) is 3. The molecule has 0 aliphatic heterocycles. The van der Waals surface area contributed by atoms with Crippen LogP contribution in [0.25, 0.3) is 32.4 Å². The lowest BCUT2D eigenvalue weighted by Gasteiger charge is -2.11. The van der Waals surface area contributed by atoms with Gasteiger partial charge in [0.05, 0.1) is 5.69 Å². The highest BCUT2D eigenvalue weighted by Crippen LogP contribution is 2.41. The topological polar surface area (TPSA) is 30.7 Å². The lowest BCUT2D eigenvalue weighted by Crippen LogP contribution is -1.99. The molecule has 0 radical (unpaired) electrons. The van der Waals surface area contributed by atoms with Gasteiger partial charge < -0.3 is 4.57 Å². The number of fused-ring (bicyclic) bond motifs is 4. The van der Waals surface area contributed by atoms with E-state index in [1.807, 2.05) is 11.3 Å². The van der Waals surface area contributed by atoms with Crippen molar-refractivity contribution in [3.63, 3.8) is 0 Å². The zero-order valence-electron chi connectivity index (χ0n) is 13.7. The predicted molar refractivity (Wildman–Crippen MR) is 101 cm³/mol. The molecule has 5 rings (SSSR count). The van der Waals surface area contributed by atoms with Gasteiger partial charge in [-0.15, -0.1) is 11.3 Å². The van der Waals surface area contributed by atoms with Crippen LogP contribution >= 0.6 is 11.3 Å². The number of hydrogen-bond donors (Lipinski definition) is 0. The second-order valence-corrected chi connectivity index (χ2v) is 7.54. The summed E-state index contributed by atoms with van der Waals surface area (Å²) in [5.41, 5.74) is 5.14. The molecule has 0 fully saturated rings. The molecule has 0 amide bonds. The van der Waals surface area contributed by atoms with Crippen molar-refractivity contribution in [3.8, 4) is 11.3 Å². The number of aromatic nitrogens is 3. The van der Waals surface area contributed by atoms with Crippen molar-refractivity contribution in [3.05, 3.63) is 47.2 Å². The molecule has 0 saturated heterocycles. The van der Waals surface area contributed by atoms with Gasteiger partial charge in [-0.3, -0.25) is 0 Å². The molecule has 3 aromatic heterocycles. The summed E-state index contributed by atoms with van der Waals surface area (Å²) in [6.45, 7) is 3.16. The average Bonchev–Trinajstić information content (AvgIpc) is 3.20. The van der Waals surface area contributed by atoms with Crippen LogP contribution in [0.3, 0.4) is 0 Å². The minimum atomic E-state index is 0.969. The van der Waals surface area contributed by atoms with E-state index in [-0.39, 0.29) is 0 Å². The van der Waals surface area contributed by atoms with Gasteiger partial charge in [-0.25, -0.2) is 9.97 Å². The lowest BCUT2D eigenvalue weighted by atomic mass is 9.95. The van der Waals surface area contributed by atoms with Crippen LogP contribution in [-0.2, 0) is 19.4 Å². The van der Waals surface area contributed by atoms with Crippen molar-refractivity contribution in [1.82, 2.24) is 14.5 Å². The van der Waals surface area contributed by atoms with Crippen molar-refractivity contribution in [2.75, 3.05) is 0 Å². The first-order valence-corrected chi connectivity index (χ1v) is 9.52. The average molecular weight is 333 g/mol. The van der Waals surface area contributed by atoms with Crippen LogP contribution in [0.1, 0.15) is 30.2 Å². The molecule has 0 spiro atoms. The molecule has 1 aromatic carbocycles. The summed E-state index contributed by atoms with van der Waals surface area (Å²) in [7, 11) is 0. The summed E-state index contributed by atoms with van der Waals surface area (Å²) in [6, 6.07) is 8.64. The summed E-state index contributed by atoms with van der Waals surface area (Å²) in [4.78, 5) is 12.0. The molecule has 0 unspecified atom stereocenters. The number of para-hydroxylation sites is 1. The van der Waals surface area contributed by atoms with Crippen LogP contribution < -0.4 is 0 Å². The highest BCUT2D eigenvalue weighted by Gasteiger charge is 2.22. The highest BCUT2D eigenvalue weighted by atomic mass is 32.1. The molecule has 120 valence electrons. The Balaban J connectivity index is 1.86. The Morgan fingerprint density at radius 2 is 2.00 bits per heavy atom. The fourth-order valence-corrected chi connectivity index (χ4v) is 5.22. The number of aryl methyl sites for hydroxylation is 3. The second kappa shape index (κ2) is 5.42. The van der Waals surface area contributed by atoms with Gasteiger partial charge in [0, 0.05) is 39.5 Å². The smallest absolute Gasteiger partial charge is 0.127 e. The predicted octanol–water partition coefficient (Wildman–Crippen LogP) is 5.21. The first kappa shape index (κ1) is 14.2. The third kappa shape index (κ3) is 1.96. The maximum atomic E-state index is 4.74. The maximum absolute atomic E-state index is 4.74. The maximum Gasteiger partial charge on any atom is 0.127 e. The molecule has 24 heavy (non-hydrogen) atoms. The molecule has 4 aromatic rings. The van der Waals surface area contributed by atoms with Crippen LogP contribution in [0, 0.1) is 0 Å². The van der Waals surface area contributed by atoms with Gasteiger partial charge in [0.2, 0.25) is 0 Å². The molecule has 4 heteroatoms. The largest absolute Gasteiger partial charge is 0.347 e. The van der Waals surface area contributed by atoms with Gasteiger partial charge in [-0.2, -0.15) is 0 Å². The van der Waals surface area contributed by atoms with E-state index in [4.69, 9.17) is 4.98 Å². The van der Waals surface area contributed by atoms with Crippen molar-refractivity contribution in [2.24, 2.45) is 0 Å². The summed E-state index contributed by atoms with van der Waals surface area (Å²) < 4.78 is 2.32. The van der Waals surface area contributed by atoms with Gasteiger partial charge in [0.15, 0.2) is 0 Å². The Morgan fingerprint density at radius 1 is 1.12 bits per heavy atom. The van der Waals surface area contributed by atoms with Gasteiger partial charge >= 0.3 is 0 Å². The van der Waals surface area contributed by atoms with E-state index in [9.17, 15) is 0 Å². The number of thiophene rings is 1. The summed E-state index contributed by atoms with van der Waals surface area (Å²) in [5.74, 6) is 0. The SMILES string of the molecule is CCn1cc(-c2ncnc3sc4c(c23)CCCC4)c2ccccc21. The van der Waals surface area contributed by atoms with E-state index in [1.54, 1.807) is 6.33 Å². The Labute approximate surface area is 145 Å². The lowest BCUT2D eigenvalue weighted by molar-refractivity contribution is 0.700. The molecule has 3 nitrogen and oxygen atoms in total. The quantitative estimate of drug-likeness (QED) is 0.504. The summed E-state index contributed by atoms with van der Waals surface area (Å²) in [5, 5.41) is 2.59. The van der Waals surface area contributed by atoms with Crippen molar-refractivity contribution >= 4 is 32.5 Å². The van der Waals surface area contributed by atoms with Gasteiger partial charge in [-0.05, 0) is 44.2 Å². The fourth-order valence-electron chi connectivity index (χ4n) is 3.99. The van der Waals surface area contributed by atoms with E-state index in [0.717, 1.165) is 17.1 Å². The van der Waals surface area contributed by atoms with E-state index in [2.05, 4.69) is 46.9 Å². The molecule has 0 N–H and O–H groups in total. The summed E-state index contributed by atoms with van der Waals surface area (Å²) in [6.07, 6.45) is 8.95. The van der Waals surface area contributed by atoms with Crippen molar-refractivity contribution < 1.29 is 0 Å². The minimum Gasteiger partial charge on any atom is -0.347 e. The van der Waals surface area contributed by atoms with Crippen molar-refractivity contribution in [2.45, 2.75) is 39.2 Å². The van der Waals surface area contributed by atoms with E-state index in [0.29, 0.717) is 0 Å². The van der Waals surface area contributed by atoms with E-state index in [1.165, 1.54) is 58.0 Å². The monoisotopic (exact) mass is 333 g/mol. The van der Waals surface area contributed by atoms with Gasteiger partial charge in [0.1, 0.15) is 11.2 Å². The first-order chi connectivity index (χ1) is 11.9. The molecule has 0 bridgehead atoms. The van der Waals surface area contributed by atoms with E-state index >= 15 is 0 Å². The Morgan fingerprint density at radius 3 is 2.92 bits per heavy atom. The van der Waals surface area contributed by atoms with Crippen LogP contribution in [0.5, 0.6) is 0 Å². The minimum absolute atomic E-state index is 0.969. The standard InChI is InChI=1S/C20H19N3S/c1-2-23-11-15(13-7-3-5-9-16(13)23)19-18-14-8-4-6-10-17(14)24-20(18)22-12-21-19/h3,5,7,9,11-12H,2,4,6,8,10H2,1H3. The molecule has 1 aliphatic rings. The zero-order valence-corrected chi connectivity index (χ0v) is 14.6. The fraction of sp³-hybridized carbons (Fsp3) is 0.300. The van der Waals surface area contributed by atoms with Crippen LogP contribution in [0.4, 0.5) is 0 Å². The molecular formula is C20H19N3S. The second-order valence-electron chi connectivity index (χ2n) is 6.46. The Kier molecular flexibility index (Phi) is 3.20. The molecular weight excluding hydrogens is 314 g/mol. The molecule has 1 aliphatic carbocycles. The first-order valence-electron chi connectivity index (χ1n) is 8.70. The normalized spacial score (nSPS) is 14.4. The van der Waals surface area contributed by atoms with Crippen molar-refractivity contribution in [1.29, 1.82) is 0 Å². The number of rotatable bonds is 2. The zero-order chi connectivity index (χ0) is 16.1. The van der Waals surface area contributed by atoms with Gasteiger partial charge in [0.25, 0.3) is 0 Å². The van der Waals surface area contributed by atoms with Gasteiger partial charge in [-0.1, -0.05) is 18.2 Å². The third-order valence-corrected chi connectivity index (χ3v) is 6.34. The molecule has 3 heterocycles. The van der Waals surface area contributed by atoms with Crippen LogP contribution in [0.2, 0.25) is 0 Å². The molecule has 0 atom stereocenters. The van der Waals surface area contributed by atoms with E-state index < -0.39 is 0 Å². The molecule has 0 saturated carbocycles. The van der Waals surface area contributed by atoms with Crippen LogP contribution in [0.15, 0.2) is 36.8 Å². The number of benzene rings is 1.